The van der Waals surface area contributed by atoms with Crippen LogP contribution in [0.2, 0.25) is 5.02 Å². The number of aliphatic hydroxyl groups is 1. The van der Waals surface area contributed by atoms with E-state index in [0.717, 1.165) is 33.2 Å². The molecule has 1 aliphatic rings. The molecule has 0 atom stereocenters. The predicted molar refractivity (Wildman–Crippen MR) is 150 cm³/mol. The average molecular weight is 528 g/mol. The largest absolute Gasteiger partial charge is 0.480 e. The van der Waals surface area contributed by atoms with Crippen molar-refractivity contribution in [3.05, 3.63) is 59.4 Å². The van der Waals surface area contributed by atoms with Crippen LogP contribution in [0.1, 0.15) is 25.0 Å². The Morgan fingerprint density at radius 1 is 1.31 bits per heavy atom. The number of anilines is 3. The molecule has 0 saturated carbocycles. The van der Waals surface area contributed by atoms with Gasteiger partial charge in [-0.2, -0.15) is 4.98 Å². The molecule has 0 saturated heterocycles. The van der Waals surface area contributed by atoms with Crippen molar-refractivity contribution in [1.82, 2.24) is 15.0 Å². The fourth-order valence-electron chi connectivity index (χ4n) is 3.57. The van der Waals surface area contributed by atoms with Gasteiger partial charge in [-0.15, -0.1) is 0 Å². The summed E-state index contributed by atoms with van der Waals surface area (Å²) < 4.78 is 8.73. The first-order chi connectivity index (χ1) is 17.6. The zero-order valence-electron chi connectivity index (χ0n) is 20.7. The zero-order valence-corrected chi connectivity index (χ0v) is 22.3. The number of nitrogens with one attached hydrogen (secondary N) is 2. The van der Waals surface area contributed by atoms with Crippen LogP contribution in [0.25, 0.3) is 6.08 Å². The highest BCUT2D eigenvalue weighted by Crippen LogP contribution is 2.40. The first kappa shape index (κ1) is 27.3. The van der Waals surface area contributed by atoms with Gasteiger partial charge in [0, 0.05) is 38.0 Å². The van der Waals surface area contributed by atoms with Gasteiger partial charge in [-0.1, -0.05) is 50.2 Å². The molecule has 0 amide bonds. The van der Waals surface area contributed by atoms with Crippen LogP contribution in [0, 0.1) is 0 Å². The highest BCUT2D eigenvalue weighted by atomic mass is 35.5. The fraction of sp³-hybridized carbons (Fsp3) is 0.280. The summed E-state index contributed by atoms with van der Waals surface area (Å²) in [6, 6.07) is 7.79. The standard InChI is InChI=1S/C23H24ClN7O2S.C2H6/c1-4-14-12-27-23(25-2)29-21(14)28-19-10-15-6-5-7-17(20(15)31(19)8-9-32)30-34-18-11-16(24)13-26-22(18)33-3;1-2/h4-7,11-13,30,32H,1,8-10H2,2-3H3,(H,25,27,29);1-2H3. The predicted octanol–water partition coefficient (Wildman–Crippen LogP) is 5.45. The van der Waals surface area contributed by atoms with Gasteiger partial charge in [0.05, 0.1) is 35.0 Å². The van der Waals surface area contributed by atoms with E-state index in [-0.39, 0.29) is 6.61 Å². The van der Waals surface area contributed by atoms with E-state index in [4.69, 9.17) is 21.3 Å². The van der Waals surface area contributed by atoms with Crippen LogP contribution in [0.15, 0.2) is 53.1 Å². The van der Waals surface area contributed by atoms with Gasteiger partial charge in [-0.25, -0.2) is 15.0 Å². The third-order valence-corrected chi connectivity index (χ3v) is 6.14. The number of hydrogen-bond donors (Lipinski definition) is 3. The van der Waals surface area contributed by atoms with Crippen LogP contribution < -0.4 is 19.7 Å². The van der Waals surface area contributed by atoms with Crippen molar-refractivity contribution in [1.29, 1.82) is 0 Å². The molecule has 4 rings (SSSR count). The molecular formula is C25H30ClN7O2S. The molecule has 0 fully saturated rings. The number of hydrogen-bond acceptors (Lipinski definition) is 9. The molecule has 3 heterocycles. The van der Waals surface area contributed by atoms with Crippen molar-refractivity contribution >= 4 is 58.6 Å². The molecule has 0 unspecified atom stereocenters. The topological polar surface area (TPSA) is 108 Å². The number of aliphatic imine (C=N–C) groups is 1. The fourth-order valence-corrected chi connectivity index (χ4v) is 4.59. The molecule has 9 nitrogen and oxygen atoms in total. The summed E-state index contributed by atoms with van der Waals surface area (Å²) >= 11 is 7.47. The molecular weight excluding hydrogens is 498 g/mol. The minimum Gasteiger partial charge on any atom is -0.480 e. The number of aromatic nitrogens is 3. The highest BCUT2D eigenvalue weighted by molar-refractivity contribution is 8.00. The summed E-state index contributed by atoms with van der Waals surface area (Å²) in [5.74, 6) is 2.23. The summed E-state index contributed by atoms with van der Waals surface area (Å²) in [5.41, 5.74) is 3.61. The van der Waals surface area contributed by atoms with E-state index in [1.54, 1.807) is 38.7 Å². The number of fused-ring (bicyclic) bond motifs is 1. The van der Waals surface area contributed by atoms with Gasteiger partial charge in [0.1, 0.15) is 5.84 Å². The number of β-amino-alcohol motifs (C(OH)–C–C–N with tert-alkyl or cyclic N) is 1. The number of pyridine rings is 1. The lowest BCUT2D eigenvalue weighted by Crippen LogP contribution is -2.30. The number of methoxy groups -OCH3 is 1. The maximum atomic E-state index is 9.80. The Bertz CT molecular complexity index is 1240. The second kappa shape index (κ2) is 13.1. The monoisotopic (exact) mass is 527 g/mol. The van der Waals surface area contributed by atoms with Gasteiger partial charge in [0.25, 0.3) is 0 Å². The third kappa shape index (κ3) is 6.07. The van der Waals surface area contributed by atoms with Crippen molar-refractivity contribution in [2.45, 2.75) is 25.2 Å². The minimum atomic E-state index is -0.0359. The van der Waals surface area contributed by atoms with E-state index >= 15 is 0 Å². The van der Waals surface area contributed by atoms with E-state index in [1.807, 2.05) is 36.9 Å². The maximum Gasteiger partial charge on any atom is 0.228 e. The summed E-state index contributed by atoms with van der Waals surface area (Å²) in [5, 5.41) is 13.3. The van der Waals surface area contributed by atoms with Crippen molar-refractivity contribution < 1.29 is 9.84 Å². The van der Waals surface area contributed by atoms with E-state index in [1.165, 1.54) is 11.9 Å². The van der Waals surface area contributed by atoms with Gasteiger partial charge >= 0.3 is 0 Å². The van der Waals surface area contributed by atoms with Crippen LogP contribution >= 0.6 is 23.5 Å². The van der Waals surface area contributed by atoms with Crippen molar-refractivity contribution in [2.24, 2.45) is 4.99 Å². The molecule has 36 heavy (non-hydrogen) atoms. The summed E-state index contributed by atoms with van der Waals surface area (Å²) in [4.78, 5) is 20.5. The SMILES string of the molecule is C=Cc1cnc(NC)nc1N=C1Cc2cccc(NSc3cc(Cl)cnc3OC)c2N1CCO.CC. The Hall–Kier alpha value is -3.34. The number of halogens is 1. The number of amidine groups is 1. The molecule has 0 spiro atoms. The lowest BCUT2D eigenvalue weighted by Gasteiger charge is -2.22. The number of para-hydroxylation sites is 1. The van der Waals surface area contributed by atoms with Crippen LogP contribution in [0.3, 0.4) is 0 Å². The molecule has 11 heteroatoms. The Balaban J connectivity index is 0.00000176. The molecule has 1 aliphatic heterocycles. The average Bonchev–Trinajstić information content (AvgIpc) is 3.26. The van der Waals surface area contributed by atoms with E-state index in [0.29, 0.717) is 35.6 Å². The number of benzene rings is 1. The van der Waals surface area contributed by atoms with Crippen LogP contribution in [0.5, 0.6) is 5.88 Å². The van der Waals surface area contributed by atoms with Crippen LogP contribution in [0.4, 0.5) is 23.1 Å². The normalized spacial score (nSPS) is 13.1. The number of aliphatic hydroxyl groups excluding tert-OH is 1. The smallest absolute Gasteiger partial charge is 0.228 e. The van der Waals surface area contributed by atoms with Crippen LogP contribution in [-0.4, -0.2) is 53.2 Å². The van der Waals surface area contributed by atoms with E-state index in [2.05, 4.69) is 31.6 Å². The number of nitrogens with zero attached hydrogens (tertiary/aromatic N) is 5. The van der Waals surface area contributed by atoms with Crippen molar-refractivity contribution in [3.8, 4) is 5.88 Å². The van der Waals surface area contributed by atoms with Crippen LogP contribution in [-0.2, 0) is 6.42 Å². The van der Waals surface area contributed by atoms with E-state index < -0.39 is 0 Å². The third-order valence-electron chi connectivity index (χ3n) is 5.10. The molecule has 0 bridgehead atoms. The first-order valence-corrected chi connectivity index (χ1v) is 12.6. The number of rotatable bonds is 9. The molecule has 2 aromatic heterocycles. The van der Waals surface area contributed by atoms with Crippen molar-refractivity contribution in [3.63, 3.8) is 0 Å². The minimum absolute atomic E-state index is 0.0359. The van der Waals surface area contributed by atoms with E-state index in [9.17, 15) is 5.11 Å². The molecule has 0 radical (unpaired) electrons. The first-order valence-electron chi connectivity index (χ1n) is 11.5. The molecule has 190 valence electrons. The number of ether oxygens (including phenoxy) is 1. The second-order valence-corrected chi connectivity index (χ2v) is 8.47. The zero-order chi connectivity index (χ0) is 26.1. The molecule has 3 N–H and O–H groups in total. The Labute approximate surface area is 220 Å². The van der Waals surface area contributed by atoms with Gasteiger partial charge < -0.3 is 24.8 Å². The van der Waals surface area contributed by atoms with Crippen molar-refractivity contribution in [2.75, 3.05) is 42.2 Å². The lowest BCUT2D eigenvalue weighted by atomic mass is 10.1. The van der Waals surface area contributed by atoms with Gasteiger partial charge in [-0.05, 0) is 29.6 Å². The summed E-state index contributed by atoms with van der Waals surface area (Å²) in [6.45, 7) is 8.19. The van der Waals surface area contributed by atoms with Gasteiger partial charge in [-0.3, -0.25) is 0 Å². The highest BCUT2D eigenvalue weighted by Gasteiger charge is 2.28. The molecule has 0 aliphatic carbocycles. The maximum absolute atomic E-state index is 9.80. The Morgan fingerprint density at radius 2 is 2.11 bits per heavy atom. The Kier molecular flexibility index (Phi) is 9.92. The quantitative estimate of drug-likeness (QED) is 0.313. The van der Waals surface area contributed by atoms with Gasteiger partial charge in [0.2, 0.25) is 11.8 Å². The summed E-state index contributed by atoms with van der Waals surface area (Å²) in [7, 11) is 3.32. The summed E-state index contributed by atoms with van der Waals surface area (Å²) in [6.07, 6.45) is 5.49. The molecule has 1 aromatic carbocycles. The second-order valence-electron chi connectivity index (χ2n) is 7.19. The van der Waals surface area contributed by atoms with Gasteiger partial charge in [0.15, 0.2) is 5.82 Å². The lowest BCUT2D eigenvalue weighted by molar-refractivity contribution is 0.306. The molecule has 3 aromatic rings. The Morgan fingerprint density at radius 3 is 2.81 bits per heavy atom.